The van der Waals surface area contributed by atoms with E-state index in [1.807, 2.05) is 24.3 Å². The van der Waals surface area contributed by atoms with Crippen molar-refractivity contribution in [3.05, 3.63) is 58.6 Å². The molecule has 0 aromatic heterocycles. The first-order valence-electron chi connectivity index (χ1n) is 7.32. The van der Waals surface area contributed by atoms with Crippen molar-refractivity contribution in [2.75, 3.05) is 7.11 Å². The summed E-state index contributed by atoms with van der Waals surface area (Å²) in [5.41, 5.74) is 2.10. The average molecular weight is 354 g/mol. The Morgan fingerprint density at radius 1 is 1.17 bits per heavy atom. The second kappa shape index (κ2) is 7.34. The van der Waals surface area contributed by atoms with E-state index in [2.05, 4.69) is 11.6 Å². The molecule has 0 aliphatic rings. The van der Waals surface area contributed by atoms with Gasteiger partial charge in [0, 0.05) is 11.1 Å². The minimum absolute atomic E-state index is 0.0320. The summed E-state index contributed by atoms with van der Waals surface area (Å²) in [5.74, 6) is 0.260. The molecule has 0 aliphatic heterocycles. The molecular formula is C17H20ClNO3S. The van der Waals surface area contributed by atoms with Crippen LogP contribution in [0.25, 0.3) is 0 Å². The molecule has 2 aromatic carbocycles. The van der Waals surface area contributed by atoms with E-state index in [1.54, 1.807) is 13.0 Å². The molecule has 23 heavy (non-hydrogen) atoms. The molecular weight excluding hydrogens is 334 g/mol. The van der Waals surface area contributed by atoms with Crippen LogP contribution in [0.4, 0.5) is 0 Å². The monoisotopic (exact) mass is 353 g/mol. The summed E-state index contributed by atoms with van der Waals surface area (Å²) >= 11 is 5.92. The Hall–Kier alpha value is -1.56. The second-order valence-corrected chi connectivity index (χ2v) is 7.35. The number of hydrogen-bond donors (Lipinski definition) is 1. The van der Waals surface area contributed by atoms with Gasteiger partial charge in [-0.05, 0) is 42.7 Å². The zero-order chi connectivity index (χ0) is 17.0. The Labute approximate surface area is 142 Å². The summed E-state index contributed by atoms with van der Waals surface area (Å²) in [7, 11) is -2.32. The van der Waals surface area contributed by atoms with Crippen molar-refractivity contribution in [1.82, 2.24) is 4.72 Å². The van der Waals surface area contributed by atoms with Crippen LogP contribution in [0, 0.1) is 0 Å². The Morgan fingerprint density at radius 2 is 1.83 bits per heavy atom. The van der Waals surface area contributed by atoms with Gasteiger partial charge in [-0.25, -0.2) is 13.1 Å². The van der Waals surface area contributed by atoms with Gasteiger partial charge < -0.3 is 4.74 Å². The first-order chi connectivity index (χ1) is 10.9. The lowest BCUT2D eigenvalue weighted by molar-refractivity contribution is 0.402. The lowest BCUT2D eigenvalue weighted by atomic mass is 10.1. The maximum absolute atomic E-state index is 12.6. The van der Waals surface area contributed by atoms with Crippen molar-refractivity contribution in [1.29, 1.82) is 0 Å². The van der Waals surface area contributed by atoms with Gasteiger partial charge in [-0.1, -0.05) is 42.8 Å². The topological polar surface area (TPSA) is 55.4 Å². The maximum Gasteiger partial charge on any atom is 0.244 e. The molecule has 2 rings (SSSR count). The molecule has 1 N–H and O–H groups in total. The minimum Gasteiger partial charge on any atom is -0.495 e. The predicted octanol–water partition coefficient (Wildman–Crippen LogP) is 3.95. The van der Waals surface area contributed by atoms with E-state index in [0.717, 1.165) is 12.0 Å². The van der Waals surface area contributed by atoms with E-state index in [1.165, 1.54) is 24.8 Å². The van der Waals surface area contributed by atoms with Gasteiger partial charge in [0.15, 0.2) is 0 Å². The molecule has 1 unspecified atom stereocenters. The van der Waals surface area contributed by atoms with Crippen molar-refractivity contribution in [3.8, 4) is 5.75 Å². The average Bonchev–Trinajstić information content (AvgIpc) is 2.54. The van der Waals surface area contributed by atoms with Crippen LogP contribution in [0.1, 0.15) is 31.0 Å². The van der Waals surface area contributed by atoms with Gasteiger partial charge in [0.05, 0.1) is 7.11 Å². The van der Waals surface area contributed by atoms with E-state index >= 15 is 0 Å². The SMILES string of the molecule is CCc1ccc(C(C)NS(=O)(=O)c2cc(Cl)ccc2OC)cc1. The number of sulfonamides is 1. The van der Waals surface area contributed by atoms with Crippen LogP contribution >= 0.6 is 11.6 Å². The quantitative estimate of drug-likeness (QED) is 0.855. The third-order valence-corrected chi connectivity index (χ3v) is 5.43. The third kappa shape index (κ3) is 4.25. The molecule has 0 saturated carbocycles. The number of methoxy groups -OCH3 is 1. The first-order valence-corrected chi connectivity index (χ1v) is 9.18. The van der Waals surface area contributed by atoms with Crippen LogP contribution in [-0.4, -0.2) is 15.5 Å². The highest BCUT2D eigenvalue weighted by Gasteiger charge is 2.22. The molecule has 4 nitrogen and oxygen atoms in total. The Balaban J connectivity index is 2.28. The molecule has 1 atom stereocenters. The number of ether oxygens (including phenoxy) is 1. The molecule has 0 saturated heterocycles. The number of rotatable bonds is 6. The molecule has 0 aliphatic carbocycles. The van der Waals surface area contributed by atoms with E-state index in [0.29, 0.717) is 5.02 Å². The summed E-state index contributed by atoms with van der Waals surface area (Å²) in [6, 6.07) is 12.0. The highest BCUT2D eigenvalue weighted by molar-refractivity contribution is 7.89. The standard InChI is InChI=1S/C17H20ClNO3S/c1-4-13-5-7-14(8-6-13)12(2)19-23(20,21)17-11-15(18)9-10-16(17)22-3/h5-12,19H,4H2,1-3H3. The van der Waals surface area contributed by atoms with Gasteiger partial charge in [0.1, 0.15) is 10.6 Å². The second-order valence-electron chi connectivity index (χ2n) is 5.23. The van der Waals surface area contributed by atoms with Gasteiger partial charge in [-0.15, -0.1) is 0 Å². The molecule has 124 valence electrons. The highest BCUT2D eigenvalue weighted by atomic mass is 35.5. The Kier molecular flexibility index (Phi) is 5.68. The fourth-order valence-corrected chi connectivity index (χ4v) is 3.93. The summed E-state index contributed by atoms with van der Waals surface area (Å²) in [6.07, 6.45) is 0.945. The van der Waals surface area contributed by atoms with Crippen molar-refractivity contribution < 1.29 is 13.2 Å². The fraction of sp³-hybridized carbons (Fsp3) is 0.294. The molecule has 0 bridgehead atoms. The number of halogens is 1. The summed E-state index contributed by atoms with van der Waals surface area (Å²) < 4.78 is 33.0. The van der Waals surface area contributed by atoms with Crippen molar-refractivity contribution in [2.45, 2.75) is 31.2 Å². The number of aryl methyl sites for hydroxylation is 1. The van der Waals surface area contributed by atoms with Crippen LogP contribution in [0.3, 0.4) is 0 Å². The van der Waals surface area contributed by atoms with Crippen LogP contribution in [0.15, 0.2) is 47.4 Å². The molecule has 2 aromatic rings. The number of hydrogen-bond acceptors (Lipinski definition) is 3. The van der Waals surface area contributed by atoms with Crippen molar-refractivity contribution >= 4 is 21.6 Å². The highest BCUT2D eigenvalue weighted by Crippen LogP contribution is 2.28. The zero-order valence-electron chi connectivity index (χ0n) is 13.3. The smallest absolute Gasteiger partial charge is 0.244 e. The largest absolute Gasteiger partial charge is 0.495 e. The Morgan fingerprint density at radius 3 is 2.39 bits per heavy atom. The first kappa shape index (κ1) is 17.8. The van der Waals surface area contributed by atoms with E-state index in [9.17, 15) is 8.42 Å². The van der Waals surface area contributed by atoms with Gasteiger partial charge >= 0.3 is 0 Å². The van der Waals surface area contributed by atoms with Gasteiger partial charge in [-0.3, -0.25) is 0 Å². The molecule has 6 heteroatoms. The predicted molar refractivity (Wildman–Crippen MR) is 92.6 cm³/mol. The Bertz CT molecular complexity index is 773. The number of nitrogens with one attached hydrogen (secondary N) is 1. The van der Waals surface area contributed by atoms with Crippen molar-refractivity contribution in [2.24, 2.45) is 0 Å². The molecule has 0 heterocycles. The van der Waals surface area contributed by atoms with E-state index in [4.69, 9.17) is 16.3 Å². The lowest BCUT2D eigenvalue weighted by Crippen LogP contribution is -2.27. The number of benzene rings is 2. The molecule has 0 amide bonds. The third-order valence-electron chi connectivity index (χ3n) is 3.64. The minimum atomic E-state index is -3.75. The van der Waals surface area contributed by atoms with Crippen LogP contribution in [-0.2, 0) is 16.4 Å². The van der Waals surface area contributed by atoms with E-state index < -0.39 is 10.0 Å². The van der Waals surface area contributed by atoms with Crippen LogP contribution in [0.5, 0.6) is 5.75 Å². The summed E-state index contributed by atoms with van der Waals surface area (Å²) in [6.45, 7) is 3.88. The maximum atomic E-state index is 12.6. The fourth-order valence-electron chi connectivity index (χ4n) is 2.27. The van der Waals surface area contributed by atoms with Crippen LogP contribution < -0.4 is 9.46 Å². The molecule has 0 radical (unpaired) electrons. The normalized spacial score (nSPS) is 12.9. The van der Waals surface area contributed by atoms with Gasteiger partial charge in [0.2, 0.25) is 10.0 Å². The van der Waals surface area contributed by atoms with Crippen LogP contribution in [0.2, 0.25) is 5.02 Å². The van der Waals surface area contributed by atoms with Crippen molar-refractivity contribution in [3.63, 3.8) is 0 Å². The van der Waals surface area contributed by atoms with E-state index in [-0.39, 0.29) is 16.7 Å². The zero-order valence-corrected chi connectivity index (χ0v) is 14.9. The molecule has 0 spiro atoms. The van der Waals surface area contributed by atoms with Gasteiger partial charge in [-0.2, -0.15) is 0 Å². The summed E-state index contributed by atoms with van der Waals surface area (Å²) in [4.78, 5) is 0.0320. The van der Waals surface area contributed by atoms with Gasteiger partial charge in [0.25, 0.3) is 0 Å². The summed E-state index contributed by atoms with van der Waals surface area (Å²) in [5, 5.41) is 0.339. The lowest BCUT2D eigenvalue weighted by Gasteiger charge is -2.17. The molecule has 0 fully saturated rings.